The van der Waals surface area contributed by atoms with Crippen molar-refractivity contribution in [2.75, 3.05) is 6.54 Å². The second-order valence-electron chi connectivity index (χ2n) is 4.37. The van der Waals surface area contributed by atoms with E-state index in [0.29, 0.717) is 6.42 Å². The summed E-state index contributed by atoms with van der Waals surface area (Å²) in [4.78, 5) is 22.4. The van der Waals surface area contributed by atoms with Crippen molar-refractivity contribution in [2.45, 2.75) is 32.3 Å². The summed E-state index contributed by atoms with van der Waals surface area (Å²) in [5, 5.41) is 21.1. The van der Waals surface area contributed by atoms with Crippen molar-refractivity contribution in [1.29, 1.82) is 0 Å². The van der Waals surface area contributed by atoms with Gasteiger partial charge in [0.05, 0.1) is 18.3 Å². The topological polar surface area (TPSA) is 99.8 Å². The van der Waals surface area contributed by atoms with E-state index in [1.807, 2.05) is 0 Å². The van der Waals surface area contributed by atoms with Gasteiger partial charge in [0.1, 0.15) is 11.3 Å². The van der Waals surface area contributed by atoms with Crippen LogP contribution in [-0.2, 0) is 11.2 Å². The maximum atomic E-state index is 11.6. The first-order chi connectivity index (χ1) is 8.35. The molecule has 0 aromatic carbocycles. The van der Waals surface area contributed by atoms with E-state index in [1.165, 1.54) is 12.3 Å². The first-order valence-electron chi connectivity index (χ1n) is 5.64. The molecule has 18 heavy (non-hydrogen) atoms. The minimum Gasteiger partial charge on any atom is -0.478 e. The normalized spacial score (nSPS) is 13.9. The van der Waals surface area contributed by atoms with Gasteiger partial charge < -0.3 is 19.9 Å². The lowest BCUT2D eigenvalue weighted by atomic mass is 10.0. The fourth-order valence-corrected chi connectivity index (χ4v) is 1.29. The molecule has 0 radical (unpaired) electrons. The number of hydrogen-bond acceptors (Lipinski definition) is 4. The Labute approximate surface area is 105 Å². The van der Waals surface area contributed by atoms with Crippen LogP contribution in [0.1, 0.15) is 36.4 Å². The maximum absolute atomic E-state index is 11.6. The molecule has 0 saturated carbocycles. The average molecular weight is 255 g/mol. The SMILES string of the molecule is CCC(C)(O)CNC(=O)Cc1occc1C(=O)O. The highest BCUT2D eigenvalue weighted by molar-refractivity contribution is 5.90. The summed E-state index contributed by atoms with van der Waals surface area (Å²) < 4.78 is 4.95. The number of carboxylic acids is 1. The highest BCUT2D eigenvalue weighted by Gasteiger charge is 2.20. The van der Waals surface area contributed by atoms with E-state index >= 15 is 0 Å². The van der Waals surface area contributed by atoms with Crippen LogP contribution in [-0.4, -0.2) is 34.2 Å². The molecule has 3 N–H and O–H groups in total. The van der Waals surface area contributed by atoms with E-state index < -0.39 is 11.6 Å². The van der Waals surface area contributed by atoms with Crippen molar-refractivity contribution >= 4 is 11.9 Å². The Kier molecular flexibility index (Phi) is 4.49. The second-order valence-corrected chi connectivity index (χ2v) is 4.37. The van der Waals surface area contributed by atoms with E-state index in [0.717, 1.165) is 0 Å². The average Bonchev–Trinajstić information content (AvgIpc) is 2.75. The highest BCUT2D eigenvalue weighted by Crippen LogP contribution is 2.11. The smallest absolute Gasteiger partial charge is 0.339 e. The molecule has 1 unspecified atom stereocenters. The zero-order valence-electron chi connectivity index (χ0n) is 10.4. The van der Waals surface area contributed by atoms with Crippen LogP contribution in [0.3, 0.4) is 0 Å². The number of furan rings is 1. The van der Waals surface area contributed by atoms with Crippen molar-refractivity contribution in [1.82, 2.24) is 5.32 Å². The lowest BCUT2D eigenvalue weighted by Crippen LogP contribution is -2.40. The molecule has 1 aromatic heterocycles. The molecule has 0 aliphatic carbocycles. The predicted molar refractivity (Wildman–Crippen MR) is 63.3 cm³/mol. The van der Waals surface area contributed by atoms with Gasteiger partial charge in [0.25, 0.3) is 0 Å². The molecule has 0 bridgehead atoms. The second kappa shape index (κ2) is 5.68. The number of aliphatic hydroxyl groups is 1. The number of aromatic carboxylic acids is 1. The van der Waals surface area contributed by atoms with Gasteiger partial charge in [0.15, 0.2) is 0 Å². The zero-order valence-corrected chi connectivity index (χ0v) is 10.4. The van der Waals surface area contributed by atoms with E-state index in [1.54, 1.807) is 13.8 Å². The Morgan fingerprint density at radius 3 is 2.72 bits per heavy atom. The Morgan fingerprint density at radius 1 is 1.50 bits per heavy atom. The van der Waals surface area contributed by atoms with Gasteiger partial charge in [-0.1, -0.05) is 6.92 Å². The maximum Gasteiger partial charge on any atom is 0.339 e. The first kappa shape index (κ1) is 14.2. The number of carbonyl (C=O) groups excluding carboxylic acids is 1. The van der Waals surface area contributed by atoms with Crippen LogP contribution in [0.15, 0.2) is 16.7 Å². The van der Waals surface area contributed by atoms with Crippen LogP contribution in [0.4, 0.5) is 0 Å². The van der Waals surface area contributed by atoms with Gasteiger partial charge in [-0.25, -0.2) is 4.79 Å². The molecule has 1 aromatic rings. The lowest BCUT2D eigenvalue weighted by Gasteiger charge is -2.21. The van der Waals surface area contributed by atoms with Gasteiger partial charge in [0, 0.05) is 6.54 Å². The Hall–Kier alpha value is -1.82. The molecule has 100 valence electrons. The third-order valence-electron chi connectivity index (χ3n) is 2.72. The van der Waals surface area contributed by atoms with Gasteiger partial charge in [-0.05, 0) is 19.4 Å². The van der Waals surface area contributed by atoms with E-state index in [-0.39, 0.29) is 30.2 Å². The quantitative estimate of drug-likeness (QED) is 0.698. The number of carboxylic acid groups (broad SMARTS) is 1. The van der Waals surface area contributed by atoms with Crippen LogP contribution in [0.25, 0.3) is 0 Å². The molecule has 0 aliphatic rings. The van der Waals surface area contributed by atoms with Crippen LogP contribution < -0.4 is 5.32 Å². The minimum absolute atomic E-state index is 0.0209. The molecule has 6 nitrogen and oxygen atoms in total. The summed E-state index contributed by atoms with van der Waals surface area (Å²) in [6.45, 7) is 3.54. The first-order valence-corrected chi connectivity index (χ1v) is 5.64. The predicted octanol–water partition coefficient (Wildman–Crippen LogP) is 0.797. The molecule has 0 spiro atoms. The molecule has 1 amide bonds. The third kappa shape index (κ3) is 3.89. The van der Waals surface area contributed by atoms with E-state index in [4.69, 9.17) is 9.52 Å². The molecule has 0 saturated heterocycles. The largest absolute Gasteiger partial charge is 0.478 e. The van der Waals surface area contributed by atoms with Crippen LogP contribution in [0.5, 0.6) is 0 Å². The summed E-state index contributed by atoms with van der Waals surface area (Å²) in [5.41, 5.74) is -0.985. The number of rotatable bonds is 6. The van der Waals surface area contributed by atoms with Crippen molar-refractivity contribution in [3.63, 3.8) is 0 Å². The van der Waals surface area contributed by atoms with Gasteiger partial charge in [-0.15, -0.1) is 0 Å². The van der Waals surface area contributed by atoms with Crippen LogP contribution in [0.2, 0.25) is 0 Å². The molecule has 1 rings (SSSR count). The van der Waals surface area contributed by atoms with Gasteiger partial charge >= 0.3 is 5.97 Å². The molecular formula is C12H17NO5. The number of nitrogens with one attached hydrogen (secondary N) is 1. The fourth-order valence-electron chi connectivity index (χ4n) is 1.29. The Bertz CT molecular complexity index is 435. The van der Waals surface area contributed by atoms with Crippen molar-refractivity contribution in [3.8, 4) is 0 Å². The van der Waals surface area contributed by atoms with Gasteiger partial charge in [-0.2, -0.15) is 0 Å². The summed E-state index contributed by atoms with van der Waals surface area (Å²) in [6, 6.07) is 1.30. The summed E-state index contributed by atoms with van der Waals surface area (Å²) in [5.74, 6) is -1.41. The molecule has 0 fully saturated rings. The van der Waals surface area contributed by atoms with Crippen molar-refractivity contribution in [3.05, 3.63) is 23.7 Å². The Morgan fingerprint density at radius 2 is 2.17 bits per heavy atom. The number of hydrogen-bond donors (Lipinski definition) is 3. The molecule has 1 atom stereocenters. The van der Waals surface area contributed by atoms with Crippen LogP contribution >= 0.6 is 0 Å². The van der Waals surface area contributed by atoms with E-state index in [2.05, 4.69) is 5.32 Å². The Balaban J connectivity index is 2.55. The monoisotopic (exact) mass is 255 g/mol. The standard InChI is InChI=1S/C12H17NO5/c1-3-12(2,17)7-13-10(14)6-9-8(11(15)16)4-5-18-9/h4-5,17H,3,6-7H2,1-2H3,(H,13,14)(H,15,16). The van der Waals surface area contributed by atoms with E-state index in [9.17, 15) is 14.7 Å². The minimum atomic E-state index is -1.13. The summed E-state index contributed by atoms with van der Waals surface area (Å²) in [7, 11) is 0. The molecule has 1 heterocycles. The third-order valence-corrected chi connectivity index (χ3v) is 2.72. The highest BCUT2D eigenvalue weighted by atomic mass is 16.4. The lowest BCUT2D eigenvalue weighted by molar-refractivity contribution is -0.121. The molecule has 0 aliphatic heterocycles. The summed E-state index contributed by atoms with van der Waals surface area (Å²) in [6.07, 6.45) is 1.58. The summed E-state index contributed by atoms with van der Waals surface area (Å²) >= 11 is 0. The van der Waals surface area contributed by atoms with Gasteiger partial charge in [-0.3, -0.25) is 4.79 Å². The molecular weight excluding hydrogens is 238 g/mol. The zero-order chi connectivity index (χ0) is 13.8. The van der Waals surface area contributed by atoms with Gasteiger partial charge in [0.2, 0.25) is 5.91 Å². The van der Waals surface area contributed by atoms with Crippen LogP contribution in [0, 0.1) is 0 Å². The number of amides is 1. The van der Waals surface area contributed by atoms with Crippen molar-refractivity contribution < 1.29 is 24.2 Å². The number of carbonyl (C=O) groups is 2. The fraction of sp³-hybridized carbons (Fsp3) is 0.500. The molecule has 6 heteroatoms. The van der Waals surface area contributed by atoms with Crippen molar-refractivity contribution in [2.24, 2.45) is 0 Å².